The summed E-state index contributed by atoms with van der Waals surface area (Å²) in [5.74, 6) is 0.0458. The molecule has 0 spiro atoms. The number of hydrogen-bond acceptors (Lipinski definition) is 5. The Morgan fingerprint density at radius 1 is 0.973 bits per heavy atom. The van der Waals surface area contributed by atoms with E-state index in [4.69, 9.17) is 21.3 Å². The standard InChI is InChI=1S/C29H30ClN3O2S.ClH/c30-25-13-7-14-26-28(25)31-29(36-26)33(16-8-15-32-17-19-35-20-18-32)27(34)21-24(22-9-3-1-4-10-22)23-11-5-2-6-12-23;/h1-7,9-14,24H,8,15-21H2;1H. The summed E-state index contributed by atoms with van der Waals surface area (Å²) in [7, 11) is 0. The van der Waals surface area contributed by atoms with Crippen LogP contribution >= 0.6 is 35.3 Å². The Kier molecular flexibility index (Phi) is 9.95. The number of carbonyl (C=O) groups is 1. The highest BCUT2D eigenvalue weighted by atomic mass is 35.5. The van der Waals surface area contributed by atoms with Crippen molar-refractivity contribution in [3.63, 3.8) is 0 Å². The predicted octanol–water partition coefficient (Wildman–Crippen LogP) is 6.65. The molecule has 1 saturated heterocycles. The van der Waals surface area contributed by atoms with Gasteiger partial charge in [-0.15, -0.1) is 12.4 Å². The average molecular weight is 557 g/mol. The Balaban J connectivity index is 0.00000320. The maximum Gasteiger partial charge on any atom is 0.229 e. The predicted molar refractivity (Wildman–Crippen MR) is 155 cm³/mol. The first-order valence-corrected chi connectivity index (χ1v) is 13.6. The maximum atomic E-state index is 14.0. The van der Waals surface area contributed by atoms with Crippen LogP contribution in [0.25, 0.3) is 10.2 Å². The SMILES string of the molecule is Cl.O=C(CC(c1ccccc1)c1ccccc1)N(CCCN1CCOCC1)c1nc2c(Cl)cccc2s1. The van der Waals surface area contributed by atoms with Gasteiger partial charge in [0.2, 0.25) is 5.91 Å². The maximum absolute atomic E-state index is 14.0. The molecule has 1 aliphatic rings. The topological polar surface area (TPSA) is 45.7 Å². The van der Waals surface area contributed by atoms with Crippen LogP contribution in [-0.2, 0) is 9.53 Å². The van der Waals surface area contributed by atoms with E-state index in [1.54, 1.807) is 0 Å². The summed E-state index contributed by atoms with van der Waals surface area (Å²) < 4.78 is 6.47. The van der Waals surface area contributed by atoms with Crippen LogP contribution in [0.2, 0.25) is 5.02 Å². The summed E-state index contributed by atoms with van der Waals surface area (Å²) in [5, 5.41) is 1.33. The number of para-hydroxylation sites is 1. The normalized spacial score (nSPS) is 14.0. The second-order valence-corrected chi connectivity index (χ2v) is 10.4. The lowest BCUT2D eigenvalue weighted by molar-refractivity contribution is -0.118. The van der Waals surface area contributed by atoms with Crippen molar-refractivity contribution < 1.29 is 9.53 Å². The molecule has 1 fully saturated rings. The van der Waals surface area contributed by atoms with Crippen molar-refractivity contribution >= 4 is 56.6 Å². The molecule has 0 radical (unpaired) electrons. The molecule has 5 nitrogen and oxygen atoms in total. The molecule has 0 saturated carbocycles. The number of halogens is 2. The molecule has 8 heteroatoms. The van der Waals surface area contributed by atoms with Crippen molar-refractivity contribution in [2.75, 3.05) is 44.3 Å². The van der Waals surface area contributed by atoms with Gasteiger partial charge in [-0.05, 0) is 29.7 Å². The summed E-state index contributed by atoms with van der Waals surface area (Å²) in [6, 6.07) is 26.3. The lowest BCUT2D eigenvalue weighted by atomic mass is 9.88. The van der Waals surface area contributed by atoms with Crippen LogP contribution in [0.4, 0.5) is 5.13 Å². The molecule has 37 heavy (non-hydrogen) atoms. The summed E-state index contributed by atoms with van der Waals surface area (Å²) in [4.78, 5) is 23.1. The first kappa shape index (κ1) is 27.6. The van der Waals surface area contributed by atoms with Crippen LogP contribution in [-0.4, -0.2) is 55.2 Å². The average Bonchev–Trinajstić information content (AvgIpc) is 3.36. The Labute approximate surface area is 233 Å². The fourth-order valence-electron chi connectivity index (χ4n) is 4.71. The van der Waals surface area contributed by atoms with Gasteiger partial charge in [-0.25, -0.2) is 4.98 Å². The van der Waals surface area contributed by atoms with Crippen LogP contribution in [0.3, 0.4) is 0 Å². The number of anilines is 1. The molecule has 1 amide bonds. The molecule has 194 valence electrons. The third-order valence-corrected chi connectivity index (χ3v) is 7.98. The van der Waals surface area contributed by atoms with Gasteiger partial charge in [0.25, 0.3) is 0 Å². The van der Waals surface area contributed by atoms with Crippen molar-refractivity contribution in [3.8, 4) is 0 Å². The van der Waals surface area contributed by atoms with E-state index in [-0.39, 0.29) is 24.2 Å². The van der Waals surface area contributed by atoms with Crippen molar-refractivity contribution in [3.05, 3.63) is 95.0 Å². The van der Waals surface area contributed by atoms with Gasteiger partial charge < -0.3 is 4.74 Å². The first-order valence-electron chi connectivity index (χ1n) is 12.4. The summed E-state index contributed by atoms with van der Waals surface area (Å²) >= 11 is 7.96. The minimum atomic E-state index is -0.0281. The molecule has 5 rings (SSSR count). The molecular formula is C29H31Cl2N3O2S. The van der Waals surface area contributed by atoms with Crippen molar-refractivity contribution in [1.29, 1.82) is 0 Å². The minimum absolute atomic E-state index is 0. The van der Waals surface area contributed by atoms with Crippen LogP contribution < -0.4 is 4.90 Å². The second kappa shape index (κ2) is 13.4. The van der Waals surface area contributed by atoms with Gasteiger partial charge in [-0.1, -0.05) is 89.7 Å². The van der Waals surface area contributed by atoms with Crippen LogP contribution in [0.15, 0.2) is 78.9 Å². The van der Waals surface area contributed by atoms with Gasteiger partial charge in [0.05, 0.1) is 22.9 Å². The minimum Gasteiger partial charge on any atom is -0.379 e. The Morgan fingerprint density at radius 2 is 1.62 bits per heavy atom. The highest BCUT2D eigenvalue weighted by molar-refractivity contribution is 7.22. The van der Waals surface area contributed by atoms with E-state index in [0.29, 0.717) is 23.1 Å². The molecule has 0 bridgehead atoms. The zero-order valence-electron chi connectivity index (χ0n) is 20.6. The largest absolute Gasteiger partial charge is 0.379 e. The van der Waals surface area contributed by atoms with Crippen molar-refractivity contribution in [1.82, 2.24) is 9.88 Å². The summed E-state index contributed by atoms with van der Waals surface area (Å²) in [6.45, 7) is 4.97. The van der Waals surface area contributed by atoms with E-state index in [9.17, 15) is 4.79 Å². The van der Waals surface area contributed by atoms with Gasteiger partial charge in [0.15, 0.2) is 5.13 Å². The highest BCUT2D eigenvalue weighted by Gasteiger charge is 2.25. The van der Waals surface area contributed by atoms with E-state index in [1.807, 2.05) is 59.5 Å². The van der Waals surface area contributed by atoms with E-state index in [1.165, 1.54) is 11.3 Å². The number of benzene rings is 3. The lowest BCUT2D eigenvalue weighted by Crippen LogP contribution is -2.39. The molecule has 0 aliphatic carbocycles. The molecule has 0 unspecified atom stereocenters. The van der Waals surface area contributed by atoms with Gasteiger partial charge in [0, 0.05) is 38.5 Å². The van der Waals surface area contributed by atoms with Crippen molar-refractivity contribution in [2.45, 2.75) is 18.8 Å². The number of amides is 1. The Bertz CT molecular complexity index is 1240. The summed E-state index contributed by atoms with van der Waals surface area (Å²) in [6.07, 6.45) is 1.24. The highest BCUT2D eigenvalue weighted by Crippen LogP contribution is 2.35. The number of ether oxygens (including phenoxy) is 1. The second-order valence-electron chi connectivity index (χ2n) is 9.01. The molecule has 4 aromatic rings. The van der Waals surface area contributed by atoms with Gasteiger partial charge >= 0.3 is 0 Å². The van der Waals surface area contributed by atoms with Crippen LogP contribution in [0, 0.1) is 0 Å². The fraction of sp³-hybridized carbons (Fsp3) is 0.310. The van der Waals surface area contributed by atoms with Crippen LogP contribution in [0.1, 0.15) is 29.9 Å². The first-order chi connectivity index (χ1) is 17.7. The monoisotopic (exact) mass is 555 g/mol. The molecule has 0 atom stereocenters. The number of thiazole rings is 1. The molecular weight excluding hydrogens is 525 g/mol. The molecule has 1 aromatic heterocycles. The number of morpholine rings is 1. The zero-order valence-corrected chi connectivity index (χ0v) is 23.0. The number of hydrogen-bond donors (Lipinski definition) is 0. The Hall–Kier alpha value is -2.48. The number of aromatic nitrogens is 1. The van der Waals surface area contributed by atoms with E-state index in [2.05, 4.69) is 29.2 Å². The molecule has 2 heterocycles. The molecule has 1 aliphatic heterocycles. The van der Waals surface area contributed by atoms with Crippen LogP contribution in [0.5, 0.6) is 0 Å². The zero-order chi connectivity index (χ0) is 24.7. The van der Waals surface area contributed by atoms with Crippen molar-refractivity contribution in [2.24, 2.45) is 0 Å². The van der Waals surface area contributed by atoms with Gasteiger partial charge in [-0.2, -0.15) is 0 Å². The number of carbonyl (C=O) groups excluding carboxylic acids is 1. The van der Waals surface area contributed by atoms with E-state index >= 15 is 0 Å². The third kappa shape index (κ3) is 6.89. The quantitative estimate of drug-likeness (QED) is 0.232. The third-order valence-electron chi connectivity index (χ3n) is 6.63. The molecule has 0 N–H and O–H groups in total. The van der Waals surface area contributed by atoms with E-state index < -0.39 is 0 Å². The molecule has 3 aromatic carbocycles. The van der Waals surface area contributed by atoms with Gasteiger partial charge in [-0.3, -0.25) is 14.6 Å². The number of fused-ring (bicyclic) bond motifs is 1. The smallest absolute Gasteiger partial charge is 0.229 e. The number of rotatable bonds is 9. The Morgan fingerprint density at radius 3 is 2.24 bits per heavy atom. The van der Waals surface area contributed by atoms with E-state index in [0.717, 1.165) is 60.6 Å². The fourth-order valence-corrected chi connectivity index (χ4v) is 6.02. The summed E-state index contributed by atoms with van der Waals surface area (Å²) in [5.41, 5.74) is 3.03. The van der Waals surface area contributed by atoms with Gasteiger partial charge in [0.1, 0.15) is 5.52 Å². The lowest BCUT2D eigenvalue weighted by Gasteiger charge is -2.28. The number of nitrogens with zero attached hydrogens (tertiary/aromatic N) is 3.